The van der Waals surface area contributed by atoms with Crippen LogP contribution in [0.3, 0.4) is 0 Å². The number of hydrogen-bond donors (Lipinski definition) is 1. The number of hydrogen-bond acceptors (Lipinski definition) is 3. The van der Waals surface area contributed by atoms with E-state index in [2.05, 4.69) is 34.6 Å². The molecule has 1 aromatic rings. The molecule has 0 bridgehead atoms. The third-order valence-electron chi connectivity index (χ3n) is 2.56. The highest BCUT2D eigenvalue weighted by Crippen LogP contribution is 2.21. The van der Waals surface area contributed by atoms with Gasteiger partial charge in [0.15, 0.2) is 0 Å². The minimum absolute atomic E-state index is 0.108. The van der Waals surface area contributed by atoms with Gasteiger partial charge < -0.3 is 4.90 Å². The van der Waals surface area contributed by atoms with Gasteiger partial charge in [0, 0.05) is 22.5 Å². The number of carbonyl (C=O) groups excluding carboxylic acids is 1. The van der Waals surface area contributed by atoms with Crippen molar-refractivity contribution in [2.75, 3.05) is 7.05 Å². The van der Waals surface area contributed by atoms with E-state index in [0.717, 1.165) is 4.47 Å². The first-order valence-electron chi connectivity index (χ1n) is 5.10. The lowest BCUT2D eigenvalue weighted by Gasteiger charge is -2.23. The van der Waals surface area contributed by atoms with Gasteiger partial charge in [-0.1, -0.05) is 15.9 Å². The van der Waals surface area contributed by atoms with Crippen LogP contribution in [0.4, 0.5) is 0 Å². The minimum atomic E-state index is -0.120. The maximum atomic E-state index is 12.1. The summed E-state index contributed by atoms with van der Waals surface area (Å²) in [5.41, 5.74) is 0.545. The van der Waals surface area contributed by atoms with Crippen molar-refractivity contribution in [3.05, 3.63) is 28.2 Å². The Bertz CT molecular complexity index is 470. The second-order valence-corrected chi connectivity index (χ2v) is 5.19. The maximum Gasteiger partial charge on any atom is 0.254 e. The monoisotopic (exact) mass is 312 g/mol. The molecule has 0 N–H and O–H groups in total. The number of benzene rings is 1. The zero-order chi connectivity index (χ0) is 13.0. The van der Waals surface area contributed by atoms with Crippen molar-refractivity contribution in [2.45, 2.75) is 24.3 Å². The summed E-state index contributed by atoms with van der Waals surface area (Å²) in [5.74, 6) is -0.120. The Hall–Kier alpha value is -0.990. The van der Waals surface area contributed by atoms with Crippen molar-refractivity contribution in [1.29, 1.82) is 5.26 Å². The molecule has 1 aromatic carbocycles. The average molecular weight is 313 g/mol. The molecule has 0 spiro atoms. The number of halogens is 1. The molecule has 1 unspecified atom stereocenters. The van der Waals surface area contributed by atoms with E-state index < -0.39 is 0 Å². The first-order chi connectivity index (χ1) is 7.97. The Balaban J connectivity index is 2.93. The maximum absolute atomic E-state index is 12.1. The van der Waals surface area contributed by atoms with Crippen molar-refractivity contribution in [3.8, 4) is 6.07 Å². The van der Waals surface area contributed by atoms with Crippen molar-refractivity contribution >= 4 is 34.5 Å². The fourth-order valence-electron chi connectivity index (χ4n) is 1.34. The van der Waals surface area contributed by atoms with E-state index in [1.165, 1.54) is 0 Å². The molecular formula is C12H13BrN2OS. The molecule has 1 atom stereocenters. The van der Waals surface area contributed by atoms with Gasteiger partial charge in [-0.25, -0.2) is 0 Å². The number of carbonyl (C=O) groups is 1. The first kappa shape index (κ1) is 14.1. The predicted molar refractivity (Wildman–Crippen MR) is 73.2 cm³/mol. The van der Waals surface area contributed by atoms with E-state index in [-0.39, 0.29) is 11.9 Å². The van der Waals surface area contributed by atoms with Gasteiger partial charge in [-0.2, -0.15) is 5.26 Å². The standard InChI is InChI=1S/C12H13BrN2OS/c1-8(5-6-14)15(2)12(16)10-4-3-9(13)7-11(10)17/h3-4,7-8,17H,5H2,1-2H3. The zero-order valence-electron chi connectivity index (χ0n) is 9.64. The summed E-state index contributed by atoms with van der Waals surface area (Å²) in [6.07, 6.45) is 0.320. The molecular weight excluding hydrogens is 300 g/mol. The molecule has 0 fully saturated rings. The van der Waals surface area contributed by atoms with Crippen molar-refractivity contribution < 1.29 is 4.79 Å². The lowest BCUT2D eigenvalue weighted by Crippen LogP contribution is -2.35. The molecule has 0 aliphatic carbocycles. The second-order valence-electron chi connectivity index (χ2n) is 3.79. The molecule has 0 heterocycles. The highest BCUT2D eigenvalue weighted by molar-refractivity contribution is 9.10. The summed E-state index contributed by atoms with van der Waals surface area (Å²) >= 11 is 7.60. The third-order valence-corrected chi connectivity index (χ3v) is 3.42. The van der Waals surface area contributed by atoms with Crippen LogP contribution in [0.15, 0.2) is 27.6 Å². The third kappa shape index (κ3) is 3.48. The second kappa shape index (κ2) is 6.08. The smallest absolute Gasteiger partial charge is 0.254 e. The van der Waals surface area contributed by atoms with Crippen LogP contribution < -0.4 is 0 Å². The van der Waals surface area contributed by atoms with Gasteiger partial charge in [0.1, 0.15) is 0 Å². The van der Waals surface area contributed by atoms with Crippen LogP contribution in [0.25, 0.3) is 0 Å². The topological polar surface area (TPSA) is 44.1 Å². The highest BCUT2D eigenvalue weighted by Gasteiger charge is 2.19. The number of amides is 1. The average Bonchev–Trinajstić information content (AvgIpc) is 2.27. The molecule has 90 valence electrons. The zero-order valence-corrected chi connectivity index (χ0v) is 12.1. The van der Waals surface area contributed by atoms with Crippen LogP contribution in [0.5, 0.6) is 0 Å². The summed E-state index contributed by atoms with van der Waals surface area (Å²) in [6.45, 7) is 1.85. The van der Waals surface area contributed by atoms with E-state index in [9.17, 15) is 4.79 Å². The Morgan fingerprint density at radius 1 is 1.65 bits per heavy atom. The molecule has 17 heavy (non-hydrogen) atoms. The summed E-state index contributed by atoms with van der Waals surface area (Å²) in [4.78, 5) is 14.3. The summed E-state index contributed by atoms with van der Waals surface area (Å²) in [7, 11) is 1.69. The van der Waals surface area contributed by atoms with Crippen molar-refractivity contribution in [1.82, 2.24) is 4.90 Å². The molecule has 1 amide bonds. The van der Waals surface area contributed by atoms with Crippen LogP contribution in [0.2, 0.25) is 0 Å². The van der Waals surface area contributed by atoms with Crippen molar-refractivity contribution in [3.63, 3.8) is 0 Å². The number of thiol groups is 1. The first-order valence-corrected chi connectivity index (χ1v) is 6.34. The molecule has 0 saturated heterocycles. The van der Waals surface area contributed by atoms with Gasteiger partial charge in [0.05, 0.1) is 18.1 Å². The quantitative estimate of drug-likeness (QED) is 0.872. The molecule has 0 aliphatic heterocycles. The normalized spacial score (nSPS) is 11.7. The fourth-order valence-corrected chi connectivity index (χ4v) is 2.19. The van der Waals surface area contributed by atoms with Gasteiger partial charge >= 0.3 is 0 Å². The largest absolute Gasteiger partial charge is 0.338 e. The predicted octanol–water partition coefficient (Wildman–Crippen LogP) is 3.11. The number of nitrogens with zero attached hydrogens (tertiary/aromatic N) is 2. The van der Waals surface area contributed by atoms with Crippen LogP contribution >= 0.6 is 28.6 Å². The van der Waals surface area contributed by atoms with E-state index >= 15 is 0 Å². The molecule has 0 radical (unpaired) electrons. The van der Waals surface area contributed by atoms with Gasteiger partial charge in [-0.05, 0) is 25.1 Å². The molecule has 3 nitrogen and oxygen atoms in total. The summed E-state index contributed by atoms with van der Waals surface area (Å²) < 4.78 is 0.881. The van der Waals surface area contributed by atoms with E-state index in [0.29, 0.717) is 16.9 Å². The van der Waals surface area contributed by atoms with E-state index in [1.54, 1.807) is 30.1 Å². The fraction of sp³-hybridized carbons (Fsp3) is 0.333. The highest BCUT2D eigenvalue weighted by atomic mass is 79.9. The van der Waals surface area contributed by atoms with Crippen molar-refractivity contribution in [2.24, 2.45) is 0 Å². The Morgan fingerprint density at radius 3 is 2.82 bits per heavy atom. The van der Waals surface area contributed by atoms with Crippen LogP contribution in [-0.2, 0) is 0 Å². The minimum Gasteiger partial charge on any atom is -0.338 e. The van der Waals surface area contributed by atoms with Gasteiger partial charge in [0.25, 0.3) is 5.91 Å². The number of rotatable bonds is 3. The molecule has 1 rings (SSSR count). The SMILES string of the molecule is CC(CC#N)N(C)C(=O)c1ccc(Br)cc1S. The lowest BCUT2D eigenvalue weighted by atomic mass is 10.1. The molecule has 0 aromatic heterocycles. The molecule has 0 aliphatic rings. The van der Waals surface area contributed by atoms with Gasteiger partial charge in [0.2, 0.25) is 0 Å². The summed E-state index contributed by atoms with van der Waals surface area (Å²) in [6, 6.07) is 7.26. The Kier molecular flexibility index (Phi) is 5.03. The molecule has 0 saturated carbocycles. The van der Waals surface area contributed by atoms with Crippen LogP contribution in [0.1, 0.15) is 23.7 Å². The van der Waals surface area contributed by atoms with Crippen LogP contribution in [0, 0.1) is 11.3 Å². The molecule has 5 heteroatoms. The Labute approximate surface area is 115 Å². The Morgan fingerprint density at radius 2 is 2.29 bits per heavy atom. The van der Waals surface area contributed by atoms with Gasteiger partial charge in [-0.3, -0.25) is 4.79 Å². The van der Waals surface area contributed by atoms with Gasteiger partial charge in [-0.15, -0.1) is 12.6 Å². The number of nitriles is 1. The lowest BCUT2D eigenvalue weighted by molar-refractivity contribution is 0.0743. The van der Waals surface area contributed by atoms with Crippen LogP contribution in [-0.4, -0.2) is 23.9 Å². The van der Waals surface area contributed by atoms with E-state index in [1.807, 2.05) is 6.92 Å². The summed E-state index contributed by atoms with van der Waals surface area (Å²) in [5, 5.41) is 8.62. The van der Waals surface area contributed by atoms with E-state index in [4.69, 9.17) is 5.26 Å².